The quantitative estimate of drug-likeness (QED) is 0.530. The van der Waals surface area contributed by atoms with E-state index in [1.807, 2.05) is 4.90 Å². The highest BCUT2D eigenvalue weighted by Gasteiger charge is 2.26. The highest BCUT2D eigenvalue weighted by Crippen LogP contribution is 2.12. The highest BCUT2D eigenvalue weighted by molar-refractivity contribution is 5.80. The summed E-state index contributed by atoms with van der Waals surface area (Å²) in [5.74, 6) is 0.741. The van der Waals surface area contributed by atoms with Crippen LogP contribution in [0.25, 0.3) is 0 Å². The SMILES string of the molecule is OC1CN=C(N2CCC(F)C2)NC1. The van der Waals surface area contributed by atoms with E-state index in [0.29, 0.717) is 26.1 Å². The summed E-state index contributed by atoms with van der Waals surface area (Å²) in [6.45, 7) is 2.10. The molecule has 0 aliphatic carbocycles. The number of nitrogens with zero attached hydrogens (tertiary/aromatic N) is 2. The number of halogens is 1. The van der Waals surface area contributed by atoms with Crippen LogP contribution in [0.5, 0.6) is 0 Å². The summed E-state index contributed by atoms with van der Waals surface area (Å²) < 4.78 is 12.8. The van der Waals surface area contributed by atoms with Crippen molar-refractivity contribution in [3.63, 3.8) is 0 Å². The summed E-state index contributed by atoms with van der Waals surface area (Å²) in [6, 6.07) is 0. The Morgan fingerprint density at radius 1 is 1.62 bits per heavy atom. The van der Waals surface area contributed by atoms with Crippen LogP contribution in [-0.4, -0.2) is 54.4 Å². The van der Waals surface area contributed by atoms with Crippen LogP contribution >= 0.6 is 0 Å². The van der Waals surface area contributed by atoms with Gasteiger partial charge in [-0.2, -0.15) is 0 Å². The Kier molecular flexibility index (Phi) is 2.35. The van der Waals surface area contributed by atoms with Crippen LogP contribution in [0.15, 0.2) is 4.99 Å². The van der Waals surface area contributed by atoms with Gasteiger partial charge in [-0.25, -0.2) is 4.39 Å². The van der Waals surface area contributed by atoms with E-state index >= 15 is 0 Å². The third-order valence-corrected chi connectivity index (χ3v) is 2.38. The topological polar surface area (TPSA) is 47.9 Å². The predicted octanol–water partition coefficient (Wildman–Crippen LogP) is -0.650. The van der Waals surface area contributed by atoms with Gasteiger partial charge in [-0.1, -0.05) is 0 Å². The lowest BCUT2D eigenvalue weighted by atomic mass is 10.3. The normalized spacial score (nSPS) is 34.3. The Morgan fingerprint density at radius 3 is 3.00 bits per heavy atom. The number of rotatable bonds is 0. The maximum absolute atomic E-state index is 12.8. The van der Waals surface area contributed by atoms with Crippen LogP contribution in [0.4, 0.5) is 4.39 Å². The molecule has 2 aliphatic heterocycles. The summed E-state index contributed by atoms with van der Waals surface area (Å²) in [7, 11) is 0. The van der Waals surface area contributed by atoms with Crippen molar-refractivity contribution >= 4 is 5.96 Å². The Hall–Kier alpha value is -0.840. The van der Waals surface area contributed by atoms with Crippen molar-refractivity contribution in [3.05, 3.63) is 0 Å². The molecule has 0 radical (unpaired) electrons. The lowest BCUT2D eigenvalue weighted by Crippen LogP contribution is -2.47. The number of nitrogens with one attached hydrogen (secondary N) is 1. The average Bonchev–Trinajstić information content (AvgIpc) is 2.53. The van der Waals surface area contributed by atoms with Gasteiger partial charge in [0.05, 0.1) is 19.2 Å². The van der Waals surface area contributed by atoms with Crippen molar-refractivity contribution in [3.8, 4) is 0 Å². The lowest BCUT2D eigenvalue weighted by molar-refractivity contribution is 0.177. The minimum Gasteiger partial charge on any atom is -0.389 e. The molecule has 1 saturated heterocycles. The number of aliphatic hydroxyl groups is 1. The Labute approximate surface area is 76.4 Å². The van der Waals surface area contributed by atoms with E-state index in [1.54, 1.807) is 0 Å². The minimum absolute atomic E-state index is 0.396. The van der Waals surface area contributed by atoms with Gasteiger partial charge >= 0.3 is 0 Å². The van der Waals surface area contributed by atoms with Gasteiger partial charge in [-0.05, 0) is 6.42 Å². The standard InChI is InChI=1S/C8H14FN3O/c9-6-1-2-12(5-6)8-10-3-7(13)4-11-8/h6-7,13H,1-5H2,(H,10,11). The fraction of sp³-hybridized carbons (Fsp3) is 0.875. The van der Waals surface area contributed by atoms with Gasteiger partial charge in [0.1, 0.15) is 6.17 Å². The van der Waals surface area contributed by atoms with Crippen LogP contribution in [-0.2, 0) is 0 Å². The molecule has 2 rings (SSSR count). The molecule has 4 nitrogen and oxygen atoms in total. The number of aliphatic imine (C=N–C) groups is 1. The molecule has 74 valence electrons. The summed E-state index contributed by atoms with van der Waals surface area (Å²) in [5.41, 5.74) is 0. The fourth-order valence-electron chi connectivity index (χ4n) is 1.64. The van der Waals surface area contributed by atoms with E-state index in [-0.39, 0.29) is 0 Å². The molecule has 0 aromatic carbocycles. The second-order valence-corrected chi connectivity index (χ2v) is 3.53. The van der Waals surface area contributed by atoms with Crippen LogP contribution in [0, 0.1) is 0 Å². The molecule has 1 fully saturated rings. The smallest absolute Gasteiger partial charge is 0.194 e. The molecular weight excluding hydrogens is 173 g/mol. The van der Waals surface area contributed by atoms with Crippen molar-refractivity contribution in [2.45, 2.75) is 18.7 Å². The fourth-order valence-corrected chi connectivity index (χ4v) is 1.64. The zero-order valence-corrected chi connectivity index (χ0v) is 7.41. The van der Waals surface area contributed by atoms with Gasteiger partial charge in [0.2, 0.25) is 0 Å². The highest BCUT2D eigenvalue weighted by atomic mass is 19.1. The number of β-amino-alcohol motifs (C(OH)–C–C–N with tert-alkyl or cyclic N) is 1. The minimum atomic E-state index is -0.726. The third-order valence-electron chi connectivity index (χ3n) is 2.38. The molecule has 0 aromatic rings. The van der Waals surface area contributed by atoms with E-state index in [4.69, 9.17) is 5.11 Å². The van der Waals surface area contributed by atoms with Gasteiger partial charge in [-0.3, -0.25) is 4.99 Å². The van der Waals surface area contributed by atoms with E-state index < -0.39 is 12.3 Å². The Morgan fingerprint density at radius 2 is 2.46 bits per heavy atom. The van der Waals surface area contributed by atoms with Crippen LogP contribution in [0.1, 0.15) is 6.42 Å². The monoisotopic (exact) mass is 187 g/mol. The molecule has 0 aromatic heterocycles. The van der Waals surface area contributed by atoms with E-state index in [2.05, 4.69) is 10.3 Å². The molecule has 2 heterocycles. The molecule has 2 atom stereocenters. The summed E-state index contributed by atoms with van der Waals surface area (Å²) in [4.78, 5) is 6.04. The molecule has 2 aliphatic rings. The first-order chi connectivity index (χ1) is 6.25. The number of hydrogen-bond donors (Lipinski definition) is 2. The maximum atomic E-state index is 12.8. The first-order valence-electron chi connectivity index (χ1n) is 4.61. The largest absolute Gasteiger partial charge is 0.389 e. The maximum Gasteiger partial charge on any atom is 0.194 e. The van der Waals surface area contributed by atoms with Crippen molar-refractivity contribution in [1.29, 1.82) is 0 Å². The Bertz CT molecular complexity index is 221. The van der Waals surface area contributed by atoms with Gasteiger partial charge < -0.3 is 15.3 Å². The van der Waals surface area contributed by atoms with Crippen LogP contribution in [0.3, 0.4) is 0 Å². The number of aliphatic hydroxyl groups excluding tert-OH is 1. The summed E-state index contributed by atoms with van der Waals surface area (Å²) in [6.07, 6.45) is -0.535. The zero-order valence-electron chi connectivity index (χ0n) is 7.41. The first-order valence-corrected chi connectivity index (χ1v) is 4.61. The number of alkyl halides is 1. The molecule has 0 spiro atoms. The van der Waals surface area contributed by atoms with Crippen molar-refractivity contribution in [2.24, 2.45) is 4.99 Å². The first kappa shape index (κ1) is 8.74. The van der Waals surface area contributed by atoms with Gasteiger partial charge in [0, 0.05) is 13.1 Å². The molecule has 2 unspecified atom stereocenters. The van der Waals surface area contributed by atoms with Crippen molar-refractivity contribution in [1.82, 2.24) is 10.2 Å². The van der Waals surface area contributed by atoms with Crippen molar-refractivity contribution in [2.75, 3.05) is 26.2 Å². The van der Waals surface area contributed by atoms with E-state index in [9.17, 15) is 4.39 Å². The molecular formula is C8H14FN3O. The predicted molar refractivity (Wildman–Crippen MR) is 47.4 cm³/mol. The number of likely N-dealkylation sites (tertiary alicyclic amines) is 1. The second kappa shape index (κ2) is 3.49. The molecule has 13 heavy (non-hydrogen) atoms. The van der Waals surface area contributed by atoms with Crippen LogP contribution < -0.4 is 5.32 Å². The summed E-state index contributed by atoms with van der Waals surface area (Å²) >= 11 is 0. The third kappa shape index (κ3) is 1.91. The molecule has 0 amide bonds. The second-order valence-electron chi connectivity index (χ2n) is 3.53. The molecule has 0 bridgehead atoms. The van der Waals surface area contributed by atoms with Gasteiger partial charge in [-0.15, -0.1) is 0 Å². The number of guanidine groups is 1. The van der Waals surface area contributed by atoms with E-state index in [0.717, 1.165) is 12.5 Å². The molecule has 2 N–H and O–H groups in total. The zero-order chi connectivity index (χ0) is 9.26. The van der Waals surface area contributed by atoms with Gasteiger partial charge in [0.25, 0.3) is 0 Å². The number of hydrogen-bond acceptors (Lipinski definition) is 4. The lowest BCUT2D eigenvalue weighted by Gasteiger charge is -2.26. The van der Waals surface area contributed by atoms with E-state index in [1.165, 1.54) is 0 Å². The van der Waals surface area contributed by atoms with Crippen molar-refractivity contribution < 1.29 is 9.50 Å². The molecule has 0 saturated carbocycles. The molecule has 5 heteroatoms. The van der Waals surface area contributed by atoms with Gasteiger partial charge in [0.15, 0.2) is 5.96 Å². The average molecular weight is 187 g/mol. The summed E-state index contributed by atoms with van der Waals surface area (Å²) in [5, 5.41) is 12.2. The van der Waals surface area contributed by atoms with Crippen LogP contribution in [0.2, 0.25) is 0 Å². The Balaban J connectivity index is 1.94.